The maximum absolute atomic E-state index is 12.1. The Balaban J connectivity index is 1.84. The monoisotopic (exact) mass is 394 g/mol. The summed E-state index contributed by atoms with van der Waals surface area (Å²) in [5.41, 5.74) is 12.2. The van der Waals surface area contributed by atoms with Crippen molar-refractivity contribution >= 4 is 5.91 Å². The van der Waals surface area contributed by atoms with Gasteiger partial charge in [0.15, 0.2) is 0 Å². The van der Waals surface area contributed by atoms with Gasteiger partial charge in [0.1, 0.15) is 5.75 Å². The predicted octanol–water partition coefficient (Wildman–Crippen LogP) is 5.38. The molecular formula is C25H34N2O2. The highest BCUT2D eigenvalue weighted by molar-refractivity contribution is 5.95. The van der Waals surface area contributed by atoms with Crippen molar-refractivity contribution in [2.75, 3.05) is 6.61 Å². The lowest BCUT2D eigenvalue weighted by molar-refractivity contribution is 0.0999. The summed E-state index contributed by atoms with van der Waals surface area (Å²) in [6.07, 6.45) is 7.45. The highest BCUT2D eigenvalue weighted by Crippen LogP contribution is 2.44. The maximum Gasteiger partial charge on any atom is 0.250 e. The highest BCUT2D eigenvalue weighted by atomic mass is 16.5. The minimum absolute atomic E-state index is 0.00236. The standard InChI is InChI=1S/C25H34N2O2/c1-5-18-11-19(12-21-23(18)29-15-25(21,3)4)22-13-20(24(26)28)16(2)27(22)14-17-9-7-6-8-10-17/h11-13,17H,5-10,14-15H2,1-4H3,(H2,26,28). The lowest BCUT2D eigenvalue weighted by Gasteiger charge is -2.25. The van der Waals surface area contributed by atoms with Gasteiger partial charge in [0.25, 0.3) is 5.91 Å². The van der Waals surface area contributed by atoms with Crippen LogP contribution in [-0.2, 0) is 18.4 Å². The molecule has 1 fully saturated rings. The lowest BCUT2D eigenvalue weighted by atomic mass is 9.84. The van der Waals surface area contributed by atoms with Crippen molar-refractivity contribution in [1.29, 1.82) is 0 Å². The average molecular weight is 395 g/mol. The Morgan fingerprint density at radius 1 is 1.21 bits per heavy atom. The molecule has 2 aromatic rings. The van der Waals surface area contributed by atoms with Crippen LogP contribution < -0.4 is 10.5 Å². The summed E-state index contributed by atoms with van der Waals surface area (Å²) < 4.78 is 8.41. The van der Waals surface area contributed by atoms with Crippen LogP contribution in [0, 0.1) is 12.8 Å². The number of nitrogens with zero attached hydrogens (tertiary/aromatic N) is 1. The topological polar surface area (TPSA) is 57.2 Å². The Morgan fingerprint density at radius 3 is 2.59 bits per heavy atom. The van der Waals surface area contributed by atoms with Crippen molar-refractivity contribution in [2.45, 2.75) is 78.2 Å². The van der Waals surface area contributed by atoms with Crippen LogP contribution in [0.4, 0.5) is 0 Å². The van der Waals surface area contributed by atoms with Crippen molar-refractivity contribution in [3.8, 4) is 17.0 Å². The van der Waals surface area contributed by atoms with Crippen molar-refractivity contribution in [1.82, 2.24) is 4.57 Å². The summed E-state index contributed by atoms with van der Waals surface area (Å²) in [6, 6.07) is 6.53. The molecular weight excluding hydrogens is 360 g/mol. The van der Waals surface area contributed by atoms with Crippen LogP contribution in [0.2, 0.25) is 0 Å². The van der Waals surface area contributed by atoms with Gasteiger partial charge in [0.05, 0.1) is 12.2 Å². The molecule has 0 unspecified atom stereocenters. The molecule has 2 aliphatic rings. The summed E-state index contributed by atoms with van der Waals surface area (Å²) in [5.74, 6) is 1.39. The molecule has 4 nitrogen and oxygen atoms in total. The fraction of sp³-hybridized carbons (Fsp3) is 0.560. The highest BCUT2D eigenvalue weighted by Gasteiger charge is 2.34. The largest absolute Gasteiger partial charge is 0.492 e. The fourth-order valence-electron chi connectivity index (χ4n) is 5.10. The number of aromatic nitrogens is 1. The van der Waals surface area contributed by atoms with E-state index < -0.39 is 0 Å². The van der Waals surface area contributed by atoms with E-state index in [0.29, 0.717) is 18.1 Å². The fourth-order valence-corrected chi connectivity index (χ4v) is 5.10. The van der Waals surface area contributed by atoms with Gasteiger partial charge < -0.3 is 15.0 Å². The van der Waals surface area contributed by atoms with E-state index in [1.807, 2.05) is 13.0 Å². The second kappa shape index (κ2) is 7.55. The van der Waals surface area contributed by atoms with E-state index in [1.165, 1.54) is 48.8 Å². The number of aryl methyl sites for hydroxylation is 1. The van der Waals surface area contributed by atoms with Gasteiger partial charge in [-0.05, 0) is 61.4 Å². The number of hydrogen-bond acceptors (Lipinski definition) is 2. The van der Waals surface area contributed by atoms with Gasteiger partial charge in [-0.25, -0.2) is 0 Å². The Bertz CT molecular complexity index is 933. The summed E-state index contributed by atoms with van der Waals surface area (Å²) in [5, 5.41) is 0. The molecule has 0 bridgehead atoms. The number of amides is 1. The Labute approximate surface area is 174 Å². The van der Waals surface area contributed by atoms with Crippen molar-refractivity contribution < 1.29 is 9.53 Å². The number of nitrogens with two attached hydrogens (primary N) is 1. The minimum atomic E-state index is -0.341. The van der Waals surface area contributed by atoms with Crippen LogP contribution in [0.5, 0.6) is 5.75 Å². The predicted molar refractivity (Wildman–Crippen MR) is 118 cm³/mol. The van der Waals surface area contributed by atoms with Crippen LogP contribution >= 0.6 is 0 Å². The van der Waals surface area contributed by atoms with E-state index >= 15 is 0 Å². The molecule has 0 radical (unpaired) electrons. The number of benzene rings is 1. The van der Waals surface area contributed by atoms with Crippen molar-refractivity contribution in [3.05, 3.63) is 40.6 Å². The van der Waals surface area contributed by atoms with Crippen LogP contribution in [-0.4, -0.2) is 17.1 Å². The van der Waals surface area contributed by atoms with Crippen molar-refractivity contribution in [3.63, 3.8) is 0 Å². The van der Waals surface area contributed by atoms with E-state index in [2.05, 4.69) is 37.5 Å². The number of ether oxygens (including phenoxy) is 1. The molecule has 0 atom stereocenters. The molecule has 0 saturated heterocycles. The average Bonchev–Trinajstić information content (AvgIpc) is 3.19. The third kappa shape index (κ3) is 3.58. The van der Waals surface area contributed by atoms with E-state index in [1.54, 1.807) is 0 Å². The molecule has 0 spiro atoms. The summed E-state index contributed by atoms with van der Waals surface area (Å²) in [4.78, 5) is 12.1. The van der Waals surface area contributed by atoms with Gasteiger partial charge in [-0.1, -0.05) is 40.0 Å². The van der Waals surface area contributed by atoms with E-state index in [4.69, 9.17) is 10.5 Å². The Hall–Kier alpha value is -2.23. The van der Waals surface area contributed by atoms with E-state index in [-0.39, 0.29) is 11.3 Å². The number of fused-ring (bicyclic) bond motifs is 1. The summed E-state index contributed by atoms with van der Waals surface area (Å²) >= 11 is 0. The van der Waals surface area contributed by atoms with Gasteiger partial charge >= 0.3 is 0 Å². The zero-order valence-electron chi connectivity index (χ0n) is 18.3. The van der Waals surface area contributed by atoms with Crippen LogP contribution in [0.1, 0.15) is 80.1 Å². The zero-order valence-corrected chi connectivity index (χ0v) is 18.3. The smallest absolute Gasteiger partial charge is 0.250 e. The molecule has 2 heterocycles. The first-order valence-electron chi connectivity index (χ1n) is 11.1. The summed E-state index contributed by atoms with van der Waals surface area (Å²) in [7, 11) is 0. The SMILES string of the molecule is CCc1cc(-c2cc(C(N)=O)c(C)n2CC2CCCCC2)cc2c1OCC2(C)C. The van der Waals surface area contributed by atoms with Gasteiger partial charge in [0, 0.05) is 28.9 Å². The van der Waals surface area contributed by atoms with Gasteiger partial charge in [-0.3, -0.25) is 4.79 Å². The molecule has 1 aliphatic heterocycles. The maximum atomic E-state index is 12.1. The Morgan fingerprint density at radius 2 is 1.93 bits per heavy atom. The number of hydrogen-bond donors (Lipinski definition) is 1. The van der Waals surface area contributed by atoms with Gasteiger partial charge in [-0.15, -0.1) is 0 Å². The molecule has 4 heteroatoms. The normalized spacial score (nSPS) is 18.5. The zero-order chi connectivity index (χ0) is 20.8. The molecule has 4 rings (SSSR count). The molecule has 1 aliphatic carbocycles. The van der Waals surface area contributed by atoms with Gasteiger partial charge in [0.2, 0.25) is 0 Å². The second-order valence-electron chi connectivity index (χ2n) is 9.55. The van der Waals surface area contributed by atoms with Crippen molar-refractivity contribution in [2.24, 2.45) is 11.7 Å². The first-order chi connectivity index (χ1) is 13.8. The molecule has 1 amide bonds. The first-order valence-corrected chi connectivity index (χ1v) is 11.1. The van der Waals surface area contributed by atoms with Crippen LogP contribution in [0.15, 0.2) is 18.2 Å². The van der Waals surface area contributed by atoms with Crippen LogP contribution in [0.25, 0.3) is 11.3 Å². The number of carbonyl (C=O) groups excluding carboxylic acids is 1. The first kappa shape index (κ1) is 20.1. The third-order valence-electron chi connectivity index (χ3n) is 6.95. The molecule has 2 N–H and O–H groups in total. The lowest BCUT2D eigenvalue weighted by Crippen LogP contribution is -2.18. The number of carbonyl (C=O) groups is 1. The number of rotatable bonds is 5. The Kier molecular flexibility index (Phi) is 5.22. The molecule has 1 aromatic heterocycles. The molecule has 1 aromatic carbocycles. The second-order valence-corrected chi connectivity index (χ2v) is 9.55. The van der Waals surface area contributed by atoms with Crippen LogP contribution in [0.3, 0.4) is 0 Å². The van der Waals surface area contributed by atoms with Gasteiger partial charge in [-0.2, -0.15) is 0 Å². The molecule has 1 saturated carbocycles. The van der Waals surface area contributed by atoms with E-state index in [9.17, 15) is 4.79 Å². The number of primary amides is 1. The minimum Gasteiger partial charge on any atom is -0.492 e. The quantitative estimate of drug-likeness (QED) is 0.740. The summed E-state index contributed by atoms with van der Waals surface area (Å²) in [6.45, 7) is 10.4. The third-order valence-corrected chi connectivity index (χ3v) is 6.95. The molecule has 29 heavy (non-hydrogen) atoms. The van der Waals surface area contributed by atoms with E-state index in [0.717, 1.165) is 30.1 Å². The molecule has 156 valence electrons.